The van der Waals surface area contributed by atoms with Crippen LogP contribution in [0.3, 0.4) is 0 Å². The molecule has 6 heteroatoms. The molecule has 0 spiro atoms. The summed E-state index contributed by atoms with van der Waals surface area (Å²) in [5, 5.41) is 0.912. The molecule has 2 heterocycles. The molecule has 0 saturated carbocycles. The highest BCUT2D eigenvalue weighted by molar-refractivity contribution is 7.09. The molecule has 0 aliphatic carbocycles. The third-order valence-corrected chi connectivity index (χ3v) is 3.38. The Morgan fingerprint density at radius 1 is 1.67 bits per heavy atom. The fourth-order valence-electron chi connectivity index (χ4n) is 1.76. The highest BCUT2D eigenvalue weighted by atomic mass is 32.1. The Bertz CT molecular complexity index is 330. The molecule has 1 saturated heterocycles. The largest absolute Gasteiger partial charge is 0.375 e. The first-order chi connectivity index (χ1) is 7.20. The summed E-state index contributed by atoms with van der Waals surface area (Å²) in [6.45, 7) is 5.86. The Morgan fingerprint density at radius 3 is 3.07 bits per heavy atom. The van der Waals surface area contributed by atoms with Crippen LogP contribution < -0.4 is 10.6 Å². The van der Waals surface area contributed by atoms with Gasteiger partial charge in [0, 0.05) is 18.1 Å². The van der Waals surface area contributed by atoms with Crippen molar-refractivity contribution in [3.05, 3.63) is 0 Å². The van der Waals surface area contributed by atoms with Crippen LogP contribution in [0.15, 0.2) is 0 Å². The minimum Gasteiger partial charge on any atom is -0.375 e. The first-order valence-electron chi connectivity index (χ1n) is 5.18. The van der Waals surface area contributed by atoms with Crippen LogP contribution in [0.1, 0.15) is 20.3 Å². The maximum Gasteiger partial charge on any atom is 0.233 e. The first-order valence-corrected chi connectivity index (χ1v) is 5.95. The van der Waals surface area contributed by atoms with Gasteiger partial charge in [-0.2, -0.15) is 9.36 Å². The first kappa shape index (κ1) is 10.6. The number of rotatable bonds is 2. The lowest BCUT2D eigenvalue weighted by Crippen LogP contribution is -2.48. The molecule has 0 bridgehead atoms. The molecule has 2 rings (SSSR count). The summed E-state index contributed by atoms with van der Waals surface area (Å²) in [6, 6.07) is 0.397. The molecule has 15 heavy (non-hydrogen) atoms. The second-order valence-corrected chi connectivity index (χ2v) is 4.52. The number of nitrogens with zero attached hydrogens (tertiary/aromatic N) is 3. The van der Waals surface area contributed by atoms with Crippen LogP contribution in [0.4, 0.5) is 11.1 Å². The van der Waals surface area contributed by atoms with Crippen LogP contribution >= 0.6 is 11.5 Å². The van der Waals surface area contributed by atoms with Gasteiger partial charge in [-0.15, -0.1) is 0 Å². The molecule has 5 nitrogen and oxygen atoms in total. The summed E-state index contributed by atoms with van der Waals surface area (Å²) >= 11 is 1.36. The molecule has 2 N–H and O–H groups in total. The van der Waals surface area contributed by atoms with Gasteiger partial charge in [0.2, 0.25) is 11.1 Å². The van der Waals surface area contributed by atoms with Crippen LogP contribution in [0.5, 0.6) is 0 Å². The Morgan fingerprint density at radius 2 is 2.47 bits per heavy atom. The van der Waals surface area contributed by atoms with Gasteiger partial charge in [0.15, 0.2) is 0 Å². The van der Waals surface area contributed by atoms with E-state index in [0.29, 0.717) is 12.0 Å². The number of nitrogen functional groups attached to an aromatic ring is 1. The molecule has 1 aromatic rings. The van der Waals surface area contributed by atoms with Gasteiger partial charge >= 0.3 is 0 Å². The quantitative estimate of drug-likeness (QED) is 0.822. The van der Waals surface area contributed by atoms with Crippen molar-refractivity contribution >= 4 is 22.6 Å². The van der Waals surface area contributed by atoms with E-state index in [1.165, 1.54) is 11.5 Å². The van der Waals surface area contributed by atoms with Crippen molar-refractivity contribution in [3.8, 4) is 0 Å². The van der Waals surface area contributed by atoms with Crippen molar-refractivity contribution in [3.63, 3.8) is 0 Å². The normalized spacial score (nSPS) is 26.9. The van der Waals surface area contributed by atoms with Gasteiger partial charge in [0.1, 0.15) is 0 Å². The average Bonchev–Trinajstić information content (AvgIpc) is 2.65. The topological polar surface area (TPSA) is 64.3 Å². The van der Waals surface area contributed by atoms with E-state index >= 15 is 0 Å². The molecule has 1 aliphatic heterocycles. The van der Waals surface area contributed by atoms with E-state index in [-0.39, 0.29) is 6.10 Å². The number of hydrogen-bond acceptors (Lipinski definition) is 6. The van der Waals surface area contributed by atoms with Gasteiger partial charge in [0.25, 0.3) is 0 Å². The van der Waals surface area contributed by atoms with Crippen molar-refractivity contribution in [1.82, 2.24) is 9.36 Å². The number of aromatic nitrogens is 2. The Labute approximate surface area is 93.4 Å². The van der Waals surface area contributed by atoms with E-state index in [1.54, 1.807) is 0 Å². The summed E-state index contributed by atoms with van der Waals surface area (Å²) in [6.07, 6.45) is 1.30. The van der Waals surface area contributed by atoms with Crippen molar-refractivity contribution in [2.45, 2.75) is 32.4 Å². The van der Waals surface area contributed by atoms with Crippen LogP contribution in [0.25, 0.3) is 0 Å². The van der Waals surface area contributed by atoms with E-state index < -0.39 is 0 Å². The predicted molar refractivity (Wildman–Crippen MR) is 61.2 cm³/mol. The molecule has 1 aromatic heterocycles. The molecule has 1 aliphatic rings. The van der Waals surface area contributed by atoms with Gasteiger partial charge in [0.05, 0.1) is 18.8 Å². The van der Waals surface area contributed by atoms with Crippen LogP contribution in [-0.4, -0.2) is 34.7 Å². The highest BCUT2D eigenvalue weighted by Gasteiger charge is 2.27. The van der Waals surface area contributed by atoms with E-state index in [2.05, 4.69) is 28.1 Å². The van der Waals surface area contributed by atoms with E-state index in [9.17, 15) is 0 Å². The minimum atomic E-state index is 0.248. The maximum absolute atomic E-state index is 5.62. The van der Waals surface area contributed by atoms with Crippen molar-refractivity contribution < 1.29 is 4.74 Å². The number of anilines is 2. The van der Waals surface area contributed by atoms with Gasteiger partial charge < -0.3 is 15.4 Å². The lowest BCUT2D eigenvalue weighted by molar-refractivity contribution is 0.0299. The molecular formula is C9H16N4OS. The summed E-state index contributed by atoms with van der Waals surface area (Å²) in [5.74, 6) is 0.365. The average molecular weight is 228 g/mol. The zero-order valence-electron chi connectivity index (χ0n) is 9.01. The minimum absolute atomic E-state index is 0.248. The number of ether oxygens (including phenoxy) is 1. The zero-order chi connectivity index (χ0) is 10.8. The second-order valence-electron chi connectivity index (χ2n) is 3.79. The number of morpholine rings is 1. The smallest absolute Gasteiger partial charge is 0.233 e. The molecule has 84 valence electrons. The summed E-state index contributed by atoms with van der Waals surface area (Å²) in [7, 11) is 0. The number of nitrogens with two attached hydrogens (primary N) is 1. The fraction of sp³-hybridized carbons (Fsp3) is 0.778. The molecule has 0 aromatic carbocycles. The van der Waals surface area contributed by atoms with Crippen LogP contribution in [0, 0.1) is 0 Å². The fourth-order valence-corrected chi connectivity index (χ4v) is 2.44. The molecule has 0 amide bonds. The third kappa shape index (κ3) is 2.21. The Hall–Kier alpha value is -0.880. The van der Waals surface area contributed by atoms with Gasteiger partial charge in [-0.05, 0) is 13.3 Å². The molecule has 0 radical (unpaired) electrons. The maximum atomic E-state index is 5.62. The molecule has 2 unspecified atom stereocenters. The van der Waals surface area contributed by atoms with Crippen molar-refractivity contribution in [1.29, 1.82) is 0 Å². The summed E-state index contributed by atoms with van der Waals surface area (Å²) in [4.78, 5) is 6.47. The third-order valence-electron chi connectivity index (χ3n) is 2.62. The predicted octanol–water partition coefficient (Wildman–Crippen LogP) is 1.12. The second kappa shape index (κ2) is 4.32. The van der Waals surface area contributed by atoms with E-state index in [4.69, 9.17) is 10.5 Å². The zero-order valence-corrected chi connectivity index (χ0v) is 9.83. The molecule has 2 atom stereocenters. The SMILES string of the molecule is CCC1COC(C)CN1c1nc(N)ns1. The summed E-state index contributed by atoms with van der Waals surface area (Å²) < 4.78 is 9.63. The van der Waals surface area contributed by atoms with Crippen LogP contribution in [-0.2, 0) is 4.74 Å². The van der Waals surface area contributed by atoms with Crippen LogP contribution in [0.2, 0.25) is 0 Å². The van der Waals surface area contributed by atoms with Gasteiger partial charge in [-0.1, -0.05) is 6.92 Å². The summed E-state index contributed by atoms with van der Waals surface area (Å²) in [5.41, 5.74) is 5.54. The monoisotopic (exact) mass is 228 g/mol. The Balaban J connectivity index is 2.16. The van der Waals surface area contributed by atoms with E-state index in [0.717, 1.165) is 24.7 Å². The van der Waals surface area contributed by atoms with Crippen molar-refractivity contribution in [2.24, 2.45) is 0 Å². The van der Waals surface area contributed by atoms with Crippen molar-refractivity contribution in [2.75, 3.05) is 23.8 Å². The molecular weight excluding hydrogens is 212 g/mol. The standard InChI is InChI=1S/C9H16N4OS/c1-3-7-5-14-6(2)4-13(7)9-11-8(10)12-15-9/h6-7H,3-5H2,1-2H3,(H2,10,12). The van der Waals surface area contributed by atoms with Gasteiger partial charge in [-0.25, -0.2) is 0 Å². The van der Waals surface area contributed by atoms with E-state index in [1.807, 2.05) is 0 Å². The Kier molecular flexibility index (Phi) is 3.06. The lowest BCUT2D eigenvalue weighted by Gasteiger charge is -2.37. The molecule has 1 fully saturated rings. The lowest BCUT2D eigenvalue weighted by atomic mass is 10.1. The highest BCUT2D eigenvalue weighted by Crippen LogP contribution is 2.25. The van der Waals surface area contributed by atoms with Gasteiger partial charge in [-0.3, -0.25) is 0 Å². The number of hydrogen-bond donors (Lipinski definition) is 1.